The number of hydrogen-bond donors (Lipinski definition) is 1. The molecular weight excluding hydrogens is 178 g/mol. The van der Waals surface area contributed by atoms with E-state index in [-0.39, 0.29) is 18.6 Å². The van der Waals surface area contributed by atoms with E-state index in [0.717, 1.165) is 32.2 Å². The van der Waals surface area contributed by atoms with Gasteiger partial charge in [-0.1, -0.05) is 12.8 Å². The van der Waals surface area contributed by atoms with Crippen LogP contribution in [0.3, 0.4) is 0 Å². The number of aliphatic hydroxyl groups excluding tert-OH is 1. The highest BCUT2D eigenvalue weighted by Crippen LogP contribution is 2.29. The van der Waals surface area contributed by atoms with Crippen LogP contribution in [0.2, 0.25) is 0 Å². The van der Waals surface area contributed by atoms with Gasteiger partial charge in [0.2, 0.25) is 5.91 Å². The van der Waals surface area contributed by atoms with Crippen molar-refractivity contribution in [1.29, 1.82) is 0 Å². The van der Waals surface area contributed by atoms with Crippen molar-refractivity contribution in [2.24, 2.45) is 5.92 Å². The summed E-state index contributed by atoms with van der Waals surface area (Å²) in [6.45, 7) is 0.999. The molecule has 0 radical (unpaired) electrons. The normalized spacial score (nSPS) is 28.6. The van der Waals surface area contributed by atoms with Crippen LogP contribution in [-0.2, 0) is 4.79 Å². The number of nitrogens with zero attached hydrogens (tertiary/aromatic N) is 1. The number of carbonyl (C=O) groups is 1. The molecule has 1 aliphatic carbocycles. The monoisotopic (exact) mass is 197 g/mol. The van der Waals surface area contributed by atoms with E-state index in [1.54, 1.807) is 0 Å². The number of amides is 1. The summed E-state index contributed by atoms with van der Waals surface area (Å²) in [6.07, 6.45) is 6.57. The second-order valence-electron chi connectivity index (χ2n) is 4.49. The second-order valence-corrected chi connectivity index (χ2v) is 4.49. The van der Waals surface area contributed by atoms with Gasteiger partial charge in [0.1, 0.15) is 0 Å². The largest absolute Gasteiger partial charge is 0.394 e. The van der Waals surface area contributed by atoms with E-state index in [4.69, 9.17) is 5.11 Å². The minimum atomic E-state index is 0.114. The molecule has 3 heteroatoms. The highest BCUT2D eigenvalue weighted by molar-refractivity contribution is 5.79. The zero-order valence-electron chi connectivity index (χ0n) is 8.61. The number of rotatable bonds is 2. The number of hydrogen-bond acceptors (Lipinski definition) is 2. The lowest BCUT2D eigenvalue weighted by molar-refractivity contribution is -0.136. The molecule has 1 saturated heterocycles. The summed E-state index contributed by atoms with van der Waals surface area (Å²) in [5.41, 5.74) is 0. The Hall–Kier alpha value is -0.570. The lowest BCUT2D eigenvalue weighted by atomic mass is 10.1. The molecule has 0 aromatic heterocycles. The van der Waals surface area contributed by atoms with Crippen LogP contribution in [0.5, 0.6) is 0 Å². The van der Waals surface area contributed by atoms with Gasteiger partial charge in [0.05, 0.1) is 12.6 Å². The molecule has 14 heavy (non-hydrogen) atoms. The summed E-state index contributed by atoms with van der Waals surface area (Å²) in [5.74, 6) is 0.571. The first-order valence-electron chi connectivity index (χ1n) is 5.74. The Morgan fingerprint density at radius 1 is 1.21 bits per heavy atom. The highest BCUT2D eigenvalue weighted by atomic mass is 16.3. The highest BCUT2D eigenvalue weighted by Gasteiger charge is 2.33. The maximum Gasteiger partial charge on any atom is 0.226 e. The minimum absolute atomic E-state index is 0.114. The Morgan fingerprint density at radius 3 is 2.57 bits per heavy atom. The third-order valence-electron chi connectivity index (χ3n) is 3.58. The van der Waals surface area contributed by atoms with E-state index in [1.165, 1.54) is 12.8 Å². The predicted octanol–water partition coefficient (Wildman–Crippen LogP) is 1.16. The Morgan fingerprint density at radius 2 is 1.93 bits per heavy atom. The van der Waals surface area contributed by atoms with Crippen molar-refractivity contribution in [2.75, 3.05) is 13.2 Å². The SMILES string of the molecule is O=C(C1CCCC1)N1CCCC1CO. The lowest BCUT2D eigenvalue weighted by Gasteiger charge is -2.25. The van der Waals surface area contributed by atoms with E-state index in [0.29, 0.717) is 5.91 Å². The van der Waals surface area contributed by atoms with Crippen molar-refractivity contribution < 1.29 is 9.90 Å². The molecule has 1 amide bonds. The Kier molecular flexibility index (Phi) is 3.06. The van der Waals surface area contributed by atoms with E-state index >= 15 is 0 Å². The Bertz CT molecular complexity index is 211. The molecule has 1 aliphatic heterocycles. The van der Waals surface area contributed by atoms with E-state index in [2.05, 4.69) is 0 Å². The van der Waals surface area contributed by atoms with Gasteiger partial charge in [-0.15, -0.1) is 0 Å². The second kappa shape index (κ2) is 4.30. The summed E-state index contributed by atoms with van der Waals surface area (Å²) in [5, 5.41) is 9.13. The fourth-order valence-corrected chi connectivity index (χ4v) is 2.72. The maximum atomic E-state index is 12.0. The van der Waals surface area contributed by atoms with Gasteiger partial charge < -0.3 is 10.0 Å². The Labute approximate surface area is 85.1 Å². The van der Waals surface area contributed by atoms with E-state index < -0.39 is 0 Å². The van der Waals surface area contributed by atoms with Crippen LogP contribution < -0.4 is 0 Å². The predicted molar refractivity (Wildman–Crippen MR) is 53.8 cm³/mol. The van der Waals surface area contributed by atoms with Gasteiger partial charge >= 0.3 is 0 Å². The molecule has 2 aliphatic rings. The zero-order valence-corrected chi connectivity index (χ0v) is 8.61. The van der Waals surface area contributed by atoms with Gasteiger partial charge in [-0.3, -0.25) is 4.79 Å². The fourth-order valence-electron chi connectivity index (χ4n) is 2.72. The topological polar surface area (TPSA) is 40.5 Å². The number of carbonyl (C=O) groups excluding carboxylic acids is 1. The molecule has 0 bridgehead atoms. The molecule has 0 aromatic carbocycles. The molecule has 2 rings (SSSR count). The fraction of sp³-hybridized carbons (Fsp3) is 0.909. The third kappa shape index (κ3) is 1.78. The van der Waals surface area contributed by atoms with Crippen molar-refractivity contribution in [3.05, 3.63) is 0 Å². The van der Waals surface area contributed by atoms with Gasteiger partial charge in [-0.2, -0.15) is 0 Å². The summed E-state index contributed by atoms with van der Waals surface area (Å²) >= 11 is 0. The quantitative estimate of drug-likeness (QED) is 0.721. The van der Waals surface area contributed by atoms with Gasteiger partial charge in [-0.05, 0) is 25.7 Å². The molecule has 0 aromatic rings. The molecule has 3 nitrogen and oxygen atoms in total. The molecule has 2 fully saturated rings. The first kappa shape index (κ1) is 9.97. The van der Waals surface area contributed by atoms with Crippen LogP contribution in [-0.4, -0.2) is 35.1 Å². The minimum Gasteiger partial charge on any atom is -0.394 e. The molecule has 80 valence electrons. The Balaban J connectivity index is 1.95. The van der Waals surface area contributed by atoms with Crippen LogP contribution in [0.1, 0.15) is 38.5 Å². The van der Waals surface area contributed by atoms with Crippen molar-refractivity contribution in [3.8, 4) is 0 Å². The third-order valence-corrected chi connectivity index (χ3v) is 3.58. The number of likely N-dealkylation sites (tertiary alicyclic amines) is 1. The number of aliphatic hydroxyl groups is 1. The van der Waals surface area contributed by atoms with Gasteiger partial charge in [0, 0.05) is 12.5 Å². The van der Waals surface area contributed by atoms with Crippen molar-refractivity contribution in [1.82, 2.24) is 4.90 Å². The summed E-state index contributed by atoms with van der Waals surface area (Å²) in [7, 11) is 0. The first-order valence-corrected chi connectivity index (χ1v) is 5.74. The molecular formula is C11H19NO2. The van der Waals surface area contributed by atoms with E-state index in [9.17, 15) is 4.79 Å². The van der Waals surface area contributed by atoms with Crippen LogP contribution in [0, 0.1) is 5.92 Å². The van der Waals surface area contributed by atoms with Crippen molar-refractivity contribution >= 4 is 5.91 Å². The summed E-state index contributed by atoms with van der Waals surface area (Å²) in [6, 6.07) is 0.114. The molecule has 1 atom stereocenters. The average molecular weight is 197 g/mol. The lowest BCUT2D eigenvalue weighted by Crippen LogP contribution is -2.40. The molecule has 0 spiro atoms. The maximum absolute atomic E-state index is 12.0. The van der Waals surface area contributed by atoms with E-state index in [1.807, 2.05) is 4.90 Å². The van der Waals surface area contributed by atoms with Gasteiger partial charge in [0.25, 0.3) is 0 Å². The van der Waals surface area contributed by atoms with Crippen LogP contribution >= 0.6 is 0 Å². The van der Waals surface area contributed by atoms with Crippen LogP contribution in [0.15, 0.2) is 0 Å². The van der Waals surface area contributed by atoms with Crippen molar-refractivity contribution in [3.63, 3.8) is 0 Å². The van der Waals surface area contributed by atoms with Crippen molar-refractivity contribution in [2.45, 2.75) is 44.6 Å². The molecule has 1 saturated carbocycles. The summed E-state index contributed by atoms with van der Waals surface area (Å²) < 4.78 is 0. The van der Waals surface area contributed by atoms with Gasteiger partial charge in [0.15, 0.2) is 0 Å². The first-order chi connectivity index (χ1) is 6.83. The van der Waals surface area contributed by atoms with Crippen LogP contribution in [0.4, 0.5) is 0 Å². The molecule has 1 N–H and O–H groups in total. The molecule has 1 heterocycles. The standard InChI is InChI=1S/C11H19NO2/c13-8-10-6-3-7-12(10)11(14)9-4-1-2-5-9/h9-10,13H,1-8H2. The summed E-state index contributed by atoms with van der Waals surface area (Å²) in [4.78, 5) is 13.9. The van der Waals surface area contributed by atoms with Gasteiger partial charge in [-0.25, -0.2) is 0 Å². The smallest absolute Gasteiger partial charge is 0.226 e. The van der Waals surface area contributed by atoms with Crippen LogP contribution in [0.25, 0.3) is 0 Å². The molecule has 1 unspecified atom stereocenters. The zero-order chi connectivity index (χ0) is 9.97. The average Bonchev–Trinajstić information content (AvgIpc) is 2.87.